The molecule has 0 atom stereocenters. The normalized spacial score (nSPS) is 14.1. The largest absolute Gasteiger partial charge is 0.493 e. The second-order valence-corrected chi connectivity index (χ2v) is 9.59. The second kappa shape index (κ2) is 10.9. The van der Waals surface area contributed by atoms with E-state index in [2.05, 4.69) is 20.1 Å². The number of piperidine rings is 1. The van der Waals surface area contributed by atoms with Crippen LogP contribution in [0.25, 0.3) is 28.1 Å². The van der Waals surface area contributed by atoms with Crippen molar-refractivity contribution in [3.63, 3.8) is 0 Å². The van der Waals surface area contributed by atoms with Gasteiger partial charge in [-0.3, -0.25) is 4.79 Å². The number of hydrogen-bond acceptors (Lipinski definition) is 11. The molecule has 1 aliphatic rings. The van der Waals surface area contributed by atoms with Gasteiger partial charge in [0, 0.05) is 13.1 Å². The highest BCUT2D eigenvalue weighted by Gasteiger charge is 2.29. The Morgan fingerprint density at radius 1 is 1.05 bits per heavy atom. The number of esters is 1. The summed E-state index contributed by atoms with van der Waals surface area (Å²) < 4.78 is 24.4. The number of rotatable bonds is 8. The highest BCUT2D eigenvalue weighted by Crippen LogP contribution is 2.36. The fourth-order valence-corrected chi connectivity index (χ4v) is 5.20. The van der Waals surface area contributed by atoms with Crippen molar-refractivity contribution < 1.29 is 23.5 Å². The molecular weight excluding hydrogens is 530 g/mol. The smallest absolute Gasteiger partial charge is 0.351 e. The van der Waals surface area contributed by atoms with E-state index in [9.17, 15) is 9.59 Å². The van der Waals surface area contributed by atoms with E-state index >= 15 is 0 Å². The number of para-hydroxylation sites is 3. The fourth-order valence-electron chi connectivity index (χ4n) is 5.20. The maximum atomic E-state index is 13.7. The van der Waals surface area contributed by atoms with Crippen LogP contribution < -0.4 is 20.1 Å². The summed E-state index contributed by atoms with van der Waals surface area (Å²) in [4.78, 5) is 37.4. The molecule has 6 rings (SSSR count). The maximum Gasteiger partial charge on any atom is 0.351 e. The van der Waals surface area contributed by atoms with Gasteiger partial charge in [-0.1, -0.05) is 23.4 Å². The number of nitrogens with zero attached hydrogens (tertiary/aromatic N) is 7. The molecule has 2 aromatic carbocycles. The van der Waals surface area contributed by atoms with Crippen LogP contribution in [0.2, 0.25) is 0 Å². The van der Waals surface area contributed by atoms with Gasteiger partial charge < -0.3 is 23.6 Å². The molecule has 0 spiro atoms. The van der Waals surface area contributed by atoms with E-state index in [0.717, 1.165) is 0 Å². The van der Waals surface area contributed by atoms with Gasteiger partial charge in [0.2, 0.25) is 17.4 Å². The van der Waals surface area contributed by atoms with Crippen molar-refractivity contribution in [2.24, 2.45) is 5.92 Å². The monoisotopic (exact) mass is 559 g/mol. The first-order valence-corrected chi connectivity index (χ1v) is 13.4. The van der Waals surface area contributed by atoms with Gasteiger partial charge in [0.05, 0.1) is 43.3 Å². The van der Waals surface area contributed by atoms with Crippen molar-refractivity contribution in [3.05, 3.63) is 58.8 Å². The number of carbonyl (C=O) groups is 1. The zero-order valence-electron chi connectivity index (χ0n) is 22.9. The van der Waals surface area contributed by atoms with Gasteiger partial charge >= 0.3 is 11.7 Å². The Labute approximate surface area is 234 Å². The molecular formula is C28H29N7O6. The summed E-state index contributed by atoms with van der Waals surface area (Å²) >= 11 is 0. The second-order valence-electron chi connectivity index (χ2n) is 9.59. The topological polar surface area (TPSA) is 139 Å². The molecule has 212 valence electrons. The van der Waals surface area contributed by atoms with E-state index in [1.165, 1.54) is 11.8 Å². The molecule has 0 radical (unpaired) electrons. The van der Waals surface area contributed by atoms with E-state index in [0.29, 0.717) is 77.9 Å². The molecule has 0 amide bonds. The van der Waals surface area contributed by atoms with Crippen molar-refractivity contribution >= 4 is 28.5 Å². The number of aromatic nitrogens is 6. The molecule has 1 saturated heterocycles. The van der Waals surface area contributed by atoms with E-state index in [4.69, 9.17) is 23.7 Å². The minimum Gasteiger partial charge on any atom is -0.493 e. The van der Waals surface area contributed by atoms with Crippen molar-refractivity contribution in [3.8, 4) is 22.9 Å². The van der Waals surface area contributed by atoms with E-state index in [1.54, 1.807) is 29.7 Å². The number of carbonyl (C=O) groups excluding carboxylic acids is 1. The van der Waals surface area contributed by atoms with Crippen LogP contribution in [0.15, 0.2) is 51.8 Å². The molecule has 0 aliphatic carbocycles. The highest BCUT2D eigenvalue weighted by molar-refractivity contribution is 5.83. The Morgan fingerprint density at radius 2 is 1.85 bits per heavy atom. The number of ether oxygens (including phenoxy) is 3. The Bertz CT molecular complexity index is 1780. The van der Waals surface area contributed by atoms with Gasteiger partial charge in [-0.15, -0.1) is 5.10 Å². The molecule has 0 N–H and O–H groups in total. The van der Waals surface area contributed by atoms with Gasteiger partial charge in [0.15, 0.2) is 17.3 Å². The summed E-state index contributed by atoms with van der Waals surface area (Å²) in [6.07, 6.45) is 1.26. The molecule has 13 heteroatoms. The Morgan fingerprint density at radius 3 is 2.61 bits per heavy atom. The summed E-state index contributed by atoms with van der Waals surface area (Å²) in [5.41, 5.74) is 1.94. The molecule has 0 bridgehead atoms. The first-order chi connectivity index (χ1) is 20.0. The van der Waals surface area contributed by atoms with Crippen LogP contribution in [-0.4, -0.2) is 69.2 Å². The summed E-state index contributed by atoms with van der Waals surface area (Å²) in [6, 6.07) is 12.8. The van der Waals surface area contributed by atoms with Crippen molar-refractivity contribution in [2.45, 2.75) is 26.3 Å². The van der Waals surface area contributed by atoms with Crippen LogP contribution in [0.5, 0.6) is 11.5 Å². The lowest BCUT2D eigenvalue weighted by Gasteiger charge is -2.31. The molecule has 3 aromatic heterocycles. The lowest BCUT2D eigenvalue weighted by atomic mass is 9.97. The van der Waals surface area contributed by atoms with Gasteiger partial charge in [-0.05, 0) is 44.0 Å². The molecule has 0 unspecified atom stereocenters. The molecule has 5 aromatic rings. The summed E-state index contributed by atoms with van der Waals surface area (Å²) in [5.74, 6) is 1.75. The lowest BCUT2D eigenvalue weighted by molar-refractivity contribution is -0.148. The van der Waals surface area contributed by atoms with Crippen molar-refractivity contribution in [1.29, 1.82) is 0 Å². The van der Waals surface area contributed by atoms with Crippen LogP contribution in [-0.2, 0) is 16.1 Å². The lowest BCUT2D eigenvalue weighted by Crippen LogP contribution is -2.37. The zero-order valence-corrected chi connectivity index (χ0v) is 22.9. The van der Waals surface area contributed by atoms with Crippen molar-refractivity contribution in [2.75, 3.05) is 38.8 Å². The van der Waals surface area contributed by atoms with Crippen LogP contribution in [0.1, 0.15) is 25.7 Å². The molecule has 1 aliphatic heterocycles. The van der Waals surface area contributed by atoms with Gasteiger partial charge in [0.1, 0.15) is 6.54 Å². The quantitative estimate of drug-likeness (QED) is 0.259. The maximum absolute atomic E-state index is 13.7. The molecule has 0 saturated carbocycles. The number of hydrogen-bond donors (Lipinski definition) is 0. The van der Waals surface area contributed by atoms with Crippen molar-refractivity contribution in [1.82, 2.24) is 29.3 Å². The predicted octanol–water partition coefficient (Wildman–Crippen LogP) is 2.94. The van der Waals surface area contributed by atoms with Gasteiger partial charge in [0.25, 0.3) is 0 Å². The third kappa shape index (κ3) is 4.72. The van der Waals surface area contributed by atoms with Crippen LogP contribution in [0.4, 0.5) is 5.82 Å². The number of anilines is 1. The van der Waals surface area contributed by atoms with E-state index in [-0.39, 0.29) is 30.0 Å². The predicted molar refractivity (Wildman–Crippen MR) is 148 cm³/mol. The molecule has 13 nitrogen and oxygen atoms in total. The van der Waals surface area contributed by atoms with E-state index in [1.807, 2.05) is 31.2 Å². The Kier molecular flexibility index (Phi) is 7.00. The minimum atomic E-state index is -0.361. The third-order valence-electron chi connectivity index (χ3n) is 7.20. The summed E-state index contributed by atoms with van der Waals surface area (Å²) in [5, 5.41) is 8.75. The van der Waals surface area contributed by atoms with Gasteiger partial charge in [-0.25, -0.2) is 18.9 Å². The molecule has 1 fully saturated rings. The van der Waals surface area contributed by atoms with Crippen LogP contribution in [0, 0.1) is 5.92 Å². The summed E-state index contributed by atoms with van der Waals surface area (Å²) in [6.45, 7) is 3.29. The minimum absolute atomic E-state index is 0.0432. The highest BCUT2D eigenvalue weighted by atomic mass is 16.5. The Hall–Kier alpha value is -4.94. The number of benzene rings is 2. The molecule has 41 heavy (non-hydrogen) atoms. The summed E-state index contributed by atoms with van der Waals surface area (Å²) in [7, 11) is 3.09. The van der Waals surface area contributed by atoms with E-state index < -0.39 is 0 Å². The SMILES string of the molecule is CCOC(=O)C1CCN(c2nc3ccccc3n3c(=O)n(Cc4nc(-c5cccc(OC)c5OC)no4)nc23)CC1. The number of methoxy groups -OCH3 is 2. The Balaban J connectivity index is 1.35. The standard InChI is InChI=1S/C28H29N7O6/c1-4-40-27(36)17-12-14-33(15-13-17)25-26-31-34(28(37)35(26)20-10-6-5-9-19(20)29-25)16-22-30-24(32-41-22)18-8-7-11-21(38-2)23(18)39-3/h5-11,17H,4,12-16H2,1-3H3. The average molecular weight is 560 g/mol. The fraction of sp³-hybridized carbons (Fsp3) is 0.357. The third-order valence-corrected chi connectivity index (χ3v) is 7.20. The van der Waals surface area contributed by atoms with Crippen LogP contribution in [0.3, 0.4) is 0 Å². The number of fused-ring (bicyclic) bond motifs is 3. The average Bonchev–Trinajstić information content (AvgIpc) is 3.61. The zero-order chi connectivity index (χ0) is 28.5. The van der Waals surface area contributed by atoms with Crippen LogP contribution >= 0.6 is 0 Å². The first-order valence-electron chi connectivity index (χ1n) is 13.4. The molecule has 4 heterocycles. The van der Waals surface area contributed by atoms with Gasteiger partial charge in [-0.2, -0.15) is 4.98 Å². The first kappa shape index (κ1) is 26.3.